The molecule has 0 bridgehead atoms. The molecule has 0 atom stereocenters. The van der Waals surface area contributed by atoms with Gasteiger partial charge >= 0.3 is 0 Å². The Morgan fingerprint density at radius 3 is 2.45 bits per heavy atom. The summed E-state index contributed by atoms with van der Waals surface area (Å²) in [4.78, 5) is 21.6. The zero-order chi connectivity index (χ0) is 8.69. The summed E-state index contributed by atoms with van der Waals surface area (Å²) in [5, 5.41) is 5.23. The average molecular weight is 158 g/mol. The number of nitrogens with one attached hydrogen (secondary N) is 2. The summed E-state index contributed by atoms with van der Waals surface area (Å²) in [6, 6.07) is 0. The highest BCUT2D eigenvalue weighted by Crippen LogP contribution is 1.80. The topological polar surface area (TPSA) is 58.2 Å². The van der Waals surface area contributed by atoms with Crippen molar-refractivity contribution in [2.24, 2.45) is 0 Å². The molecular formula is C7H14N2O2. The van der Waals surface area contributed by atoms with Crippen molar-refractivity contribution < 1.29 is 9.59 Å². The van der Waals surface area contributed by atoms with E-state index in [2.05, 4.69) is 10.6 Å². The van der Waals surface area contributed by atoms with Crippen LogP contribution >= 0.6 is 0 Å². The Labute approximate surface area is 66.4 Å². The molecule has 4 heteroatoms. The van der Waals surface area contributed by atoms with E-state index >= 15 is 0 Å². The lowest BCUT2D eigenvalue weighted by atomic mass is 10.2. The van der Waals surface area contributed by atoms with E-state index in [9.17, 15) is 9.59 Å². The lowest BCUT2D eigenvalue weighted by molar-refractivity contribution is -0.127. The number of amides is 1. The summed E-state index contributed by atoms with van der Waals surface area (Å²) in [5.41, 5.74) is 0. The van der Waals surface area contributed by atoms with Crippen molar-refractivity contribution >= 4 is 11.7 Å². The molecule has 0 aromatic rings. The van der Waals surface area contributed by atoms with Crippen molar-refractivity contribution in [3.8, 4) is 0 Å². The fraction of sp³-hybridized carbons (Fsp3) is 0.714. The van der Waals surface area contributed by atoms with Crippen LogP contribution in [0.25, 0.3) is 0 Å². The number of carbonyl (C=O) groups is 2. The fourth-order valence-electron chi connectivity index (χ4n) is 0.698. The Hall–Kier alpha value is -0.900. The SMILES string of the molecule is CCNC(=O)CC(=O)CNC. The largest absolute Gasteiger partial charge is 0.356 e. The second-order valence-corrected chi connectivity index (χ2v) is 2.20. The molecular weight excluding hydrogens is 144 g/mol. The Kier molecular flexibility index (Phi) is 5.37. The van der Waals surface area contributed by atoms with Crippen LogP contribution in [0.3, 0.4) is 0 Å². The standard InChI is InChI=1S/C7H14N2O2/c1-3-9-7(11)4-6(10)5-8-2/h8H,3-5H2,1-2H3,(H,9,11). The van der Waals surface area contributed by atoms with E-state index in [0.29, 0.717) is 6.54 Å². The van der Waals surface area contributed by atoms with E-state index in [-0.39, 0.29) is 24.7 Å². The molecule has 0 aliphatic rings. The summed E-state index contributed by atoms with van der Waals surface area (Å²) in [6.07, 6.45) is -0.0192. The molecule has 0 aliphatic heterocycles. The lowest BCUT2D eigenvalue weighted by Crippen LogP contribution is -2.28. The first-order valence-electron chi connectivity index (χ1n) is 3.63. The number of hydrogen-bond acceptors (Lipinski definition) is 3. The first-order chi connectivity index (χ1) is 5.20. The molecule has 2 N–H and O–H groups in total. The first-order valence-corrected chi connectivity index (χ1v) is 3.63. The van der Waals surface area contributed by atoms with Crippen molar-refractivity contribution in [3.63, 3.8) is 0 Å². The number of ketones is 1. The average Bonchev–Trinajstić information content (AvgIpc) is 1.87. The smallest absolute Gasteiger partial charge is 0.227 e. The number of hydrogen-bond donors (Lipinski definition) is 2. The second-order valence-electron chi connectivity index (χ2n) is 2.20. The van der Waals surface area contributed by atoms with Gasteiger partial charge in [-0.05, 0) is 14.0 Å². The van der Waals surface area contributed by atoms with Gasteiger partial charge in [0.2, 0.25) is 5.91 Å². The number of Topliss-reactive ketones (excluding diaryl/α,β-unsaturated/α-hetero) is 1. The van der Waals surface area contributed by atoms with Crippen LogP contribution in [-0.4, -0.2) is 31.8 Å². The maximum atomic E-state index is 10.8. The molecule has 4 nitrogen and oxygen atoms in total. The Morgan fingerprint density at radius 2 is 2.00 bits per heavy atom. The predicted octanol–water partition coefficient (Wildman–Crippen LogP) is -0.699. The predicted molar refractivity (Wildman–Crippen MR) is 42.2 cm³/mol. The van der Waals surface area contributed by atoms with E-state index in [0.717, 1.165) is 0 Å². The molecule has 0 aliphatic carbocycles. The minimum atomic E-state index is -0.201. The van der Waals surface area contributed by atoms with Crippen LogP contribution in [0, 0.1) is 0 Å². The highest BCUT2D eigenvalue weighted by Gasteiger charge is 2.05. The van der Waals surface area contributed by atoms with Crippen molar-refractivity contribution in [1.82, 2.24) is 10.6 Å². The Bertz CT molecular complexity index is 129. The summed E-state index contributed by atoms with van der Waals surface area (Å²) >= 11 is 0. The molecule has 1 amide bonds. The second kappa shape index (κ2) is 5.85. The third kappa shape index (κ3) is 5.54. The molecule has 0 fully saturated rings. The zero-order valence-corrected chi connectivity index (χ0v) is 6.94. The first kappa shape index (κ1) is 10.1. The van der Waals surface area contributed by atoms with Gasteiger partial charge in [-0.3, -0.25) is 9.59 Å². The van der Waals surface area contributed by atoms with E-state index in [1.807, 2.05) is 6.92 Å². The fourth-order valence-corrected chi connectivity index (χ4v) is 0.698. The van der Waals surface area contributed by atoms with E-state index in [1.165, 1.54) is 0 Å². The van der Waals surface area contributed by atoms with Crippen LogP contribution in [0.5, 0.6) is 0 Å². The molecule has 0 saturated heterocycles. The van der Waals surface area contributed by atoms with Gasteiger partial charge in [-0.1, -0.05) is 0 Å². The normalized spacial score (nSPS) is 9.27. The highest BCUT2D eigenvalue weighted by molar-refractivity contribution is 5.98. The van der Waals surface area contributed by atoms with Gasteiger partial charge in [0.05, 0.1) is 13.0 Å². The molecule has 0 rings (SSSR count). The van der Waals surface area contributed by atoms with Crippen LogP contribution in [0.4, 0.5) is 0 Å². The third-order valence-electron chi connectivity index (χ3n) is 1.11. The number of likely N-dealkylation sites (N-methyl/N-ethyl adjacent to an activating group) is 1. The quantitative estimate of drug-likeness (QED) is 0.520. The van der Waals surface area contributed by atoms with Crippen LogP contribution < -0.4 is 10.6 Å². The van der Waals surface area contributed by atoms with Crippen LogP contribution in [0.1, 0.15) is 13.3 Å². The van der Waals surface area contributed by atoms with Crippen molar-refractivity contribution in [2.75, 3.05) is 20.1 Å². The lowest BCUT2D eigenvalue weighted by Gasteiger charge is -1.99. The van der Waals surface area contributed by atoms with Gasteiger partial charge in [-0.15, -0.1) is 0 Å². The molecule has 0 aromatic heterocycles. The molecule has 0 heterocycles. The van der Waals surface area contributed by atoms with Gasteiger partial charge in [-0.25, -0.2) is 0 Å². The van der Waals surface area contributed by atoms with Crippen LogP contribution in [0.2, 0.25) is 0 Å². The number of rotatable bonds is 5. The van der Waals surface area contributed by atoms with Gasteiger partial charge < -0.3 is 10.6 Å². The van der Waals surface area contributed by atoms with Gasteiger partial charge in [-0.2, -0.15) is 0 Å². The molecule has 64 valence electrons. The van der Waals surface area contributed by atoms with Crippen LogP contribution in [-0.2, 0) is 9.59 Å². The van der Waals surface area contributed by atoms with Gasteiger partial charge in [0.25, 0.3) is 0 Å². The molecule has 0 aromatic carbocycles. The van der Waals surface area contributed by atoms with Gasteiger partial charge in [0.15, 0.2) is 5.78 Å². The zero-order valence-electron chi connectivity index (χ0n) is 6.94. The Morgan fingerprint density at radius 1 is 1.36 bits per heavy atom. The monoisotopic (exact) mass is 158 g/mol. The molecule has 0 saturated carbocycles. The number of carbonyl (C=O) groups excluding carboxylic acids is 2. The maximum absolute atomic E-state index is 10.8. The third-order valence-corrected chi connectivity index (χ3v) is 1.11. The summed E-state index contributed by atoms with van der Waals surface area (Å²) in [7, 11) is 1.68. The van der Waals surface area contributed by atoms with E-state index < -0.39 is 0 Å². The Balaban J connectivity index is 3.49. The summed E-state index contributed by atoms with van der Waals surface area (Å²) in [5.74, 6) is -0.286. The minimum Gasteiger partial charge on any atom is -0.356 e. The van der Waals surface area contributed by atoms with E-state index in [4.69, 9.17) is 0 Å². The highest BCUT2D eigenvalue weighted by atomic mass is 16.2. The van der Waals surface area contributed by atoms with Crippen molar-refractivity contribution in [1.29, 1.82) is 0 Å². The van der Waals surface area contributed by atoms with Gasteiger partial charge in [0, 0.05) is 6.54 Å². The molecule has 11 heavy (non-hydrogen) atoms. The van der Waals surface area contributed by atoms with Crippen LogP contribution in [0.15, 0.2) is 0 Å². The molecule has 0 unspecified atom stereocenters. The van der Waals surface area contributed by atoms with E-state index in [1.54, 1.807) is 7.05 Å². The summed E-state index contributed by atoms with van der Waals surface area (Å²) < 4.78 is 0. The van der Waals surface area contributed by atoms with Gasteiger partial charge in [0.1, 0.15) is 0 Å². The summed E-state index contributed by atoms with van der Waals surface area (Å²) in [6.45, 7) is 2.66. The van der Waals surface area contributed by atoms with Crippen molar-refractivity contribution in [2.45, 2.75) is 13.3 Å². The van der Waals surface area contributed by atoms with Crippen molar-refractivity contribution in [3.05, 3.63) is 0 Å². The molecule has 0 spiro atoms. The maximum Gasteiger partial charge on any atom is 0.227 e. The minimum absolute atomic E-state index is 0.0192. The molecule has 0 radical (unpaired) electrons.